The van der Waals surface area contributed by atoms with E-state index in [0.717, 1.165) is 0 Å². The van der Waals surface area contributed by atoms with Crippen molar-refractivity contribution in [2.24, 2.45) is 0 Å². The molecule has 0 spiro atoms. The van der Waals surface area contributed by atoms with Gasteiger partial charge in [-0.1, -0.05) is 0 Å². The Morgan fingerprint density at radius 3 is 2.58 bits per heavy atom. The van der Waals surface area contributed by atoms with E-state index in [-0.39, 0.29) is 31.8 Å². The van der Waals surface area contributed by atoms with Crippen molar-refractivity contribution in [3.05, 3.63) is 11.3 Å². The third kappa shape index (κ3) is 3.83. The van der Waals surface area contributed by atoms with Crippen LogP contribution in [0.3, 0.4) is 0 Å². The summed E-state index contributed by atoms with van der Waals surface area (Å²) in [6, 6.07) is 0. The molecule has 0 aromatic heterocycles. The summed E-state index contributed by atoms with van der Waals surface area (Å²) in [5.74, 6) is -1.56. The fourth-order valence-electron chi connectivity index (χ4n) is 1.23. The molecule has 6 nitrogen and oxygen atoms in total. The zero-order valence-corrected chi connectivity index (χ0v) is 10.6. The SMILES string of the molecule is CCOC(=O)C1=C(OS(=O)(=O)C(F)(F)F)CCOC1. The second-order valence-corrected chi connectivity index (χ2v) is 4.95. The molecule has 0 aliphatic carbocycles. The molecule has 0 saturated carbocycles. The molecule has 19 heavy (non-hydrogen) atoms. The average molecular weight is 304 g/mol. The van der Waals surface area contributed by atoms with Gasteiger partial charge in [0.25, 0.3) is 0 Å². The molecule has 0 fully saturated rings. The Bertz CT molecular complexity index is 479. The van der Waals surface area contributed by atoms with E-state index < -0.39 is 27.4 Å². The molecule has 1 heterocycles. The highest BCUT2D eigenvalue weighted by Gasteiger charge is 2.49. The standard InChI is InChI=1S/C9H11F3O6S/c1-2-17-8(13)6-5-16-4-3-7(6)18-19(14,15)9(10,11)12/h2-5H2,1H3. The smallest absolute Gasteiger partial charge is 0.462 e. The van der Waals surface area contributed by atoms with Gasteiger partial charge in [-0.2, -0.15) is 21.6 Å². The molecule has 0 aromatic carbocycles. The van der Waals surface area contributed by atoms with Gasteiger partial charge in [-0.25, -0.2) is 4.79 Å². The minimum atomic E-state index is -5.80. The number of hydrogen-bond donors (Lipinski definition) is 0. The van der Waals surface area contributed by atoms with Gasteiger partial charge in [0, 0.05) is 6.42 Å². The summed E-state index contributed by atoms with van der Waals surface area (Å²) in [7, 11) is -5.80. The Labute approximate surface area is 107 Å². The minimum Gasteiger partial charge on any atom is -0.462 e. The molecular weight excluding hydrogens is 293 g/mol. The third-order valence-electron chi connectivity index (χ3n) is 2.07. The third-order valence-corrected chi connectivity index (χ3v) is 3.06. The Balaban J connectivity index is 3.03. The van der Waals surface area contributed by atoms with Crippen molar-refractivity contribution in [3.63, 3.8) is 0 Å². The van der Waals surface area contributed by atoms with Crippen molar-refractivity contribution in [1.29, 1.82) is 0 Å². The number of ether oxygens (including phenoxy) is 2. The van der Waals surface area contributed by atoms with Crippen molar-refractivity contribution < 1.29 is 40.0 Å². The summed E-state index contributed by atoms with van der Waals surface area (Å²) in [5.41, 5.74) is -5.92. The first kappa shape index (κ1) is 15.8. The van der Waals surface area contributed by atoms with E-state index in [0.29, 0.717) is 0 Å². The van der Waals surface area contributed by atoms with Gasteiger partial charge in [0.05, 0.1) is 19.8 Å². The molecule has 1 rings (SSSR count). The van der Waals surface area contributed by atoms with Crippen LogP contribution >= 0.6 is 0 Å². The Morgan fingerprint density at radius 2 is 2.05 bits per heavy atom. The normalized spacial score (nSPS) is 17.3. The summed E-state index contributed by atoms with van der Waals surface area (Å²) in [6.45, 7) is 1.07. The molecule has 0 aromatic rings. The van der Waals surface area contributed by atoms with E-state index in [1.807, 2.05) is 0 Å². The van der Waals surface area contributed by atoms with Crippen molar-refractivity contribution in [1.82, 2.24) is 0 Å². The van der Waals surface area contributed by atoms with E-state index in [2.05, 4.69) is 8.92 Å². The highest BCUT2D eigenvalue weighted by molar-refractivity contribution is 7.87. The van der Waals surface area contributed by atoms with Crippen LogP contribution in [0, 0.1) is 0 Å². The molecule has 0 unspecified atom stereocenters. The summed E-state index contributed by atoms with van der Waals surface area (Å²) in [6.07, 6.45) is -0.260. The highest BCUT2D eigenvalue weighted by Crippen LogP contribution is 2.29. The zero-order valence-electron chi connectivity index (χ0n) is 9.82. The molecule has 0 bridgehead atoms. The Morgan fingerprint density at radius 1 is 1.42 bits per heavy atom. The van der Waals surface area contributed by atoms with Crippen LogP contribution in [0.1, 0.15) is 13.3 Å². The Hall–Kier alpha value is -1.29. The molecule has 0 radical (unpaired) electrons. The van der Waals surface area contributed by atoms with Gasteiger partial charge in [-0.3, -0.25) is 0 Å². The molecule has 0 atom stereocenters. The highest BCUT2D eigenvalue weighted by atomic mass is 32.2. The fourth-order valence-corrected chi connectivity index (χ4v) is 1.78. The van der Waals surface area contributed by atoms with Gasteiger partial charge >= 0.3 is 21.6 Å². The van der Waals surface area contributed by atoms with Crippen LogP contribution < -0.4 is 0 Å². The van der Waals surface area contributed by atoms with Crippen LogP contribution in [0.5, 0.6) is 0 Å². The number of hydrogen-bond acceptors (Lipinski definition) is 6. The molecule has 1 aliphatic rings. The average Bonchev–Trinajstić information content (AvgIpc) is 2.28. The minimum absolute atomic E-state index is 0.0123. The van der Waals surface area contributed by atoms with Crippen LogP contribution in [-0.2, 0) is 28.6 Å². The zero-order chi connectivity index (χ0) is 14.7. The maximum atomic E-state index is 12.2. The lowest BCUT2D eigenvalue weighted by atomic mass is 10.1. The predicted octanol–water partition coefficient (Wildman–Crippen LogP) is 1.09. The van der Waals surface area contributed by atoms with Crippen LogP contribution in [0.25, 0.3) is 0 Å². The molecule has 110 valence electrons. The maximum absolute atomic E-state index is 12.2. The lowest BCUT2D eigenvalue weighted by molar-refractivity contribution is -0.139. The first-order valence-corrected chi connectivity index (χ1v) is 6.57. The topological polar surface area (TPSA) is 78.9 Å². The summed E-state index contributed by atoms with van der Waals surface area (Å²) in [5, 5.41) is 0. The molecule has 1 aliphatic heterocycles. The molecule has 0 amide bonds. The Kier molecular flexibility index (Phi) is 4.80. The van der Waals surface area contributed by atoms with E-state index >= 15 is 0 Å². The summed E-state index contributed by atoms with van der Waals surface area (Å²) in [4.78, 5) is 11.4. The quantitative estimate of drug-likeness (QED) is 0.439. The first-order chi connectivity index (χ1) is 8.69. The second-order valence-electron chi connectivity index (χ2n) is 3.41. The van der Waals surface area contributed by atoms with Gasteiger partial charge in [-0.15, -0.1) is 0 Å². The molecular formula is C9H11F3O6S. The van der Waals surface area contributed by atoms with E-state index in [1.165, 1.54) is 6.92 Å². The second kappa shape index (κ2) is 5.78. The van der Waals surface area contributed by atoms with Crippen LogP contribution in [0.15, 0.2) is 11.3 Å². The van der Waals surface area contributed by atoms with E-state index in [4.69, 9.17) is 4.74 Å². The van der Waals surface area contributed by atoms with Gasteiger partial charge < -0.3 is 13.7 Å². The van der Waals surface area contributed by atoms with E-state index in [1.54, 1.807) is 0 Å². The van der Waals surface area contributed by atoms with Gasteiger partial charge in [0.15, 0.2) is 0 Å². The van der Waals surface area contributed by atoms with Crippen LogP contribution in [0.4, 0.5) is 13.2 Å². The number of carbonyl (C=O) groups excluding carboxylic acids is 1. The molecule has 0 N–H and O–H groups in total. The number of alkyl halides is 3. The van der Waals surface area contributed by atoms with Crippen LogP contribution in [0.2, 0.25) is 0 Å². The lowest BCUT2D eigenvalue weighted by Gasteiger charge is -2.20. The predicted molar refractivity (Wildman–Crippen MR) is 55.2 cm³/mol. The van der Waals surface area contributed by atoms with Gasteiger partial charge in [0.1, 0.15) is 11.3 Å². The van der Waals surface area contributed by atoms with E-state index in [9.17, 15) is 26.4 Å². The molecule has 10 heteroatoms. The summed E-state index contributed by atoms with van der Waals surface area (Å²) >= 11 is 0. The molecule has 0 saturated heterocycles. The maximum Gasteiger partial charge on any atom is 0.534 e. The van der Waals surface area contributed by atoms with Crippen molar-refractivity contribution in [3.8, 4) is 0 Å². The van der Waals surface area contributed by atoms with Crippen molar-refractivity contribution >= 4 is 16.1 Å². The monoisotopic (exact) mass is 304 g/mol. The van der Waals surface area contributed by atoms with Crippen LogP contribution in [-0.4, -0.2) is 39.7 Å². The number of esters is 1. The number of rotatable bonds is 4. The number of carbonyl (C=O) groups is 1. The van der Waals surface area contributed by atoms with Gasteiger partial charge in [-0.05, 0) is 6.92 Å². The number of halogens is 3. The lowest BCUT2D eigenvalue weighted by Crippen LogP contribution is -2.29. The van der Waals surface area contributed by atoms with Crippen molar-refractivity contribution in [2.75, 3.05) is 19.8 Å². The summed E-state index contributed by atoms with van der Waals surface area (Å²) < 4.78 is 71.7. The van der Waals surface area contributed by atoms with Gasteiger partial charge in [0.2, 0.25) is 0 Å². The largest absolute Gasteiger partial charge is 0.534 e. The fraction of sp³-hybridized carbons (Fsp3) is 0.667. The van der Waals surface area contributed by atoms with Crippen molar-refractivity contribution in [2.45, 2.75) is 18.9 Å². The first-order valence-electron chi connectivity index (χ1n) is 5.16.